The van der Waals surface area contributed by atoms with Gasteiger partial charge in [0.15, 0.2) is 11.5 Å². The van der Waals surface area contributed by atoms with E-state index in [0.29, 0.717) is 34.7 Å². The summed E-state index contributed by atoms with van der Waals surface area (Å²) >= 11 is 9.71. The smallest absolute Gasteiger partial charge is 0.162 e. The Balaban J connectivity index is 1.74. The molecule has 0 aliphatic heterocycles. The maximum Gasteiger partial charge on any atom is 0.162 e. The second-order valence-electron chi connectivity index (χ2n) is 6.67. The topological polar surface area (TPSA) is 30.5 Å². The van der Waals surface area contributed by atoms with Crippen molar-refractivity contribution in [1.29, 1.82) is 0 Å². The fourth-order valence-corrected chi connectivity index (χ4v) is 3.98. The lowest BCUT2D eigenvalue weighted by Gasteiger charge is -2.17. The molecular weight excluding hydrogens is 433 g/mol. The summed E-state index contributed by atoms with van der Waals surface area (Å²) in [6, 6.07) is 9.06. The minimum Gasteiger partial charge on any atom is -0.490 e. The zero-order chi connectivity index (χ0) is 19.2. The van der Waals surface area contributed by atoms with Crippen LogP contribution in [0.3, 0.4) is 0 Å². The van der Waals surface area contributed by atoms with Crippen LogP contribution in [0.15, 0.2) is 34.8 Å². The zero-order valence-corrected chi connectivity index (χ0v) is 17.7. The molecule has 0 unspecified atom stereocenters. The molecule has 1 fully saturated rings. The first kappa shape index (κ1) is 20.4. The third-order valence-electron chi connectivity index (χ3n) is 4.78. The lowest BCUT2D eigenvalue weighted by Crippen LogP contribution is -2.25. The average Bonchev–Trinajstić information content (AvgIpc) is 3.16. The maximum atomic E-state index is 14.0. The van der Waals surface area contributed by atoms with Crippen molar-refractivity contribution >= 4 is 27.5 Å². The van der Waals surface area contributed by atoms with E-state index in [9.17, 15) is 4.39 Å². The van der Waals surface area contributed by atoms with Crippen LogP contribution in [0.4, 0.5) is 4.39 Å². The summed E-state index contributed by atoms with van der Waals surface area (Å²) in [5, 5.41) is 3.96. The number of benzene rings is 2. The van der Waals surface area contributed by atoms with Gasteiger partial charge in [-0.3, -0.25) is 0 Å². The van der Waals surface area contributed by atoms with Crippen molar-refractivity contribution in [2.75, 3.05) is 6.61 Å². The molecule has 2 aromatic carbocycles. The van der Waals surface area contributed by atoms with E-state index in [1.54, 1.807) is 12.1 Å². The molecule has 2 aromatic rings. The van der Waals surface area contributed by atoms with Gasteiger partial charge in [-0.25, -0.2) is 4.39 Å². The molecular formula is C21H24BrClFNO2. The minimum atomic E-state index is -0.378. The zero-order valence-electron chi connectivity index (χ0n) is 15.4. The van der Waals surface area contributed by atoms with E-state index in [0.717, 1.165) is 16.6 Å². The average molecular weight is 457 g/mol. The molecule has 1 aliphatic carbocycles. The summed E-state index contributed by atoms with van der Waals surface area (Å²) in [7, 11) is 0. The molecule has 1 saturated carbocycles. The number of ether oxygens (including phenoxy) is 2. The van der Waals surface area contributed by atoms with Crippen LogP contribution >= 0.6 is 27.5 Å². The molecule has 0 radical (unpaired) electrons. The highest BCUT2D eigenvalue weighted by Crippen LogP contribution is 2.35. The molecule has 146 valence electrons. The quantitative estimate of drug-likeness (QED) is 0.509. The van der Waals surface area contributed by atoms with Gasteiger partial charge in [0.25, 0.3) is 0 Å². The van der Waals surface area contributed by atoms with E-state index in [2.05, 4.69) is 21.2 Å². The molecule has 0 heterocycles. The Morgan fingerprint density at radius 1 is 1.19 bits per heavy atom. The molecule has 6 heteroatoms. The number of rotatable bonds is 8. The SMILES string of the molecule is CCOc1cc(CNC2CCCC2)c(Br)cc1OCc1c(F)cccc1Cl. The predicted octanol–water partition coefficient (Wildman–Crippen LogP) is 6.25. The van der Waals surface area contributed by atoms with Crippen molar-refractivity contribution in [3.63, 3.8) is 0 Å². The molecule has 1 aliphatic rings. The van der Waals surface area contributed by atoms with E-state index in [-0.39, 0.29) is 12.4 Å². The van der Waals surface area contributed by atoms with Crippen LogP contribution in [0, 0.1) is 5.82 Å². The lowest BCUT2D eigenvalue weighted by atomic mass is 10.1. The van der Waals surface area contributed by atoms with Gasteiger partial charge in [0.2, 0.25) is 0 Å². The highest BCUT2D eigenvalue weighted by Gasteiger charge is 2.17. The van der Waals surface area contributed by atoms with Crippen LogP contribution in [-0.4, -0.2) is 12.6 Å². The Bertz CT molecular complexity index is 761. The molecule has 0 bridgehead atoms. The van der Waals surface area contributed by atoms with Crippen molar-refractivity contribution < 1.29 is 13.9 Å². The maximum absolute atomic E-state index is 14.0. The summed E-state index contributed by atoms with van der Waals surface area (Å²) < 4.78 is 26.5. The molecule has 0 spiro atoms. The molecule has 0 saturated heterocycles. The number of nitrogens with one attached hydrogen (secondary N) is 1. The summed E-state index contributed by atoms with van der Waals surface area (Å²) in [5.74, 6) is 0.834. The van der Waals surface area contributed by atoms with Crippen molar-refractivity contribution in [3.05, 3.63) is 56.8 Å². The Morgan fingerprint density at radius 2 is 1.93 bits per heavy atom. The van der Waals surface area contributed by atoms with Crippen LogP contribution in [0.2, 0.25) is 5.02 Å². The van der Waals surface area contributed by atoms with Crippen LogP contribution < -0.4 is 14.8 Å². The Kier molecular flexibility index (Phi) is 7.39. The van der Waals surface area contributed by atoms with Crippen molar-refractivity contribution in [1.82, 2.24) is 5.32 Å². The van der Waals surface area contributed by atoms with Gasteiger partial charge in [0.1, 0.15) is 12.4 Å². The summed E-state index contributed by atoms with van der Waals surface area (Å²) in [6.45, 7) is 3.26. The number of hydrogen-bond acceptors (Lipinski definition) is 3. The van der Waals surface area contributed by atoms with Gasteiger partial charge in [-0.1, -0.05) is 46.4 Å². The minimum absolute atomic E-state index is 0.0394. The third-order valence-corrected chi connectivity index (χ3v) is 5.87. The van der Waals surface area contributed by atoms with Crippen molar-refractivity contribution in [2.45, 2.75) is 51.8 Å². The van der Waals surface area contributed by atoms with Gasteiger partial charge in [0.05, 0.1) is 11.6 Å². The summed E-state index contributed by atoms with van der Waals surface area (Å²) in [6.07, 6.45) is 5.07. The predicted molar refractivity (Wildman–Crippen MR) is 110 cm³/mol. The second-order valence-corrected chi connectivity index (χ2v) is 7.94. The molecule has 27 heavy (non-hydrogen) atoms. The van der Waals surface area contributed by atoms with Crippen molar-refractivity contribution in [3.8, 4) is 11.5 Å². The van der Waals surface area contributed by atoms with Gasteiger partial charge in [0, 0.05) is 22.6 Å². The van der Waals surface area contributed by atoms with Gasteiger partial charge >= 0.3 is 0 Å². The molecule has 3 nitrogen and oxygen atoms in total. The Labute approximate surface area is 173 Å². The number of halogens is 3. The van der Waals surface area contributed by atoms with Gasteiger partial charge in [-0.15, -0.1) is 0 Å². The fraction of sp³-hybridized carbons (Fsp3) is 0.429. The standard InChI is InChI=1S/C21H24BrClFNO2/c1-2-26-20-10-14(12-25-15-6-3-4-7-15)17(22)11-21(20)27-13-16-18(23)8-5-9-19(16)24/h5,8-11,15,25H,2-4,6-7,12-13H2,1H3. The third kappa shape index (κ3) is 5.37. The van der Waals surface area contributed by atoms with Gasteiger partial charge in [-0.2, -0.15) is 0 Å². The molecule has 1 N–H and O–H groups in total. The van der Waals surface area contributed by atoms with Crippen LogP contribution in [0.1, 0.15) is 43.7 Å². The second kappa shape index (κ2) is 9.76. The van der Waals surface area contributed by atoms with Gasteiger partial charge < -0.3 is 14.8 Å². The molecule has 3 rings (SSSR count). The monoisotopic (exact) mass is 455 g/mol. The van der Waals surface area contributed by atoms with Crippen molar-refractivity contribution in [2.24, 2.45) is 0 Å². The molecule has 0 atom stereocenters. The fourth-order valence-electron chi connectivity index (χ4n) is 3.30. The first-order valence-electron chi connectivity index (χ1n) is 9.32. The summed E-state index contributed by atoms with van der Waals surface area (Å²) in [5.41, 5.74) is 1.45. The normalized spacial score (nSPS) is 14.5. The summed E-state index contributed by atoms with van der Waals surface area (Å²) in [4.78, 5) is 0. The van der Waals surface area contributed by atoms with E-state index in [4.69, 9.17) is 21.1 Å². The van der Waals surface area contributed by atoms with Gasteiger partial charge in [-0.05, 0) is 49.6 Å². The van der Waals surface area contributed by atoms with Crippen LogP contribution in [0.25, 0.3) is 0 Å². The number of hydrogen-bond donors (Lipinski definition) is 1. The Hall–Kier alpha value is -1.30. The van der Waals surface area contributed by atoms with E-state index in [1.807, 2.05) is 19.1 Å². The first-order valence-corrected chi connectivity index (χ1v) is 10.5. The highest BCUT2D eigenvalue weighted by molar-refractivity contribution is 9.10. The van der Waals surface area contributed by atoms with Crippen LogP contribution in [0.5, 0.6) is 11.5 Å². The molecule has 0 amide bonds. The van der Waals surface area contributed by atoms with Crippen LogP contribution in [-0.2, 0) is 13.2 Å². The largest absolute Gasteiger partial charge is 0.490 e. The van der Waals surface area contributed by atoms with E-state index in [1.165, 1.54) is 31.7 Å². The first-order chi connectivity index (χ1) is 13.1. The lowest BCUT2D eigenvalue weighted by molar-refractivity contribution is 0.265. The Morgan fingerprint density at radius 3 is 2.63 bits per heavy atom. The molecule has 0 aromatic heterocycles. The highest BCUT2D eigenvalue weighted by atomic mass is 79.9. The van der Waals surface area contributed by atoms with E-state index >= 15 is 0 Å². The van der Waals surface area contributed by atoms with E-state index < -0.39 is 0 Å².